The number of benzene rings is 1. The molecule has 1 aromatic rings. The van der Waals surface area contributed by atoms with E-state index in [4.69, 9.17) is 5.73 Å². The second-order valence-electron chi connectivity index (χ2n) is 8.08. The second-order valence-corrected chi connectivity index (χ2v) is 8.08. The van der Waals surface area contributed by atoms with Crippen molar-refractivity contribution in [1.82, 2.24) is 4.90 Å². The number of aliphatic hydroxyl groups is 2. The normalized spacial score (nSPS) is 15.7. The number of nitrogens with zero attached hydrogens (tertiary/aromatic N) is 1. The molecule has 4 N–H and O–H groups in total. The van der Waals surface area contributed by atoms with E-state index in [1.54, 1.807) is 0 Å². The van der Waals surface area contributed by atoms with Gasteiger partial charge in [0, 0.05) is 19.6 Å². The molecule has 1 aromatic carbocycles. The smallest absolute Gasteiger partial charge is 0.0751 e. The average Bonchev–Trinajstić information content (AvgIpc) is 2.86. The van der Waals surface area contributed by atoms with Crippen molar-refractivity contribution in [2.45, 2.75) is 70.3 Å². The summed E-state index contributed by atoms with van der Waals surface area (Å²) in [4.78, 5) is 2.28. The van der Waals surface area contributed by atoms with Gasteiger partial charge in [-0.05, 0) is 42.4 Å². The molecule has 0 radical (unpaired) electrons. The summed E-state index contributed by atoms with van der Waals surface area (Å²) >= 11 is 0. The summed E-state index contributed by atoms with van der Waals surface area (Å²) in [6.07, 6.45) is 11.3. The topological polar surface area (TPSA) is 69.7 Å². The monoisotopic (exact) mass is 362 g/mol. The molecule has 1 aliphatic rings. The van der Waals surface area contributed by atoms with Crippen LogP contribution in [0, 0.1) is 0 Å². The van der Waals surface area contributed by atoms with Gasteiger partial charge in [-0.1, -0.05) is 57.2 Å². The molecule has 2 rings (SSSR count). The molecule has 148 valence electrons. The number of rotatable bonds is 11. The highest BCUT2D eigenvalue weighted by molar-refractivity contribution is 5.33. The first-order valence-electron chi connectivity index (χ1n) is 10.4. The Morgan fingerprint density at radius 1 is 0.962 bits per heavy atom. The van der Waals surface area contributed by atoms with Crippen LogP contribution in [-0.2, 0) is 19.3 Å². The summed E-state index contributed by atoms with van der Waals surface area (Å²) in [5, 5.41) is 18.9. The minimum absolute atomic E-state index is 0.185. The second kappa shape index (κ2) is 11.0. The molecular formula is C22H38N2O2. The molecule has 0 bridgehead atoms. The van der Waals surface area contributed by atoms with Gasteiger partial charge in [-0.2, -0.15) is 0 Å². The molecule has 0 aliphatic carbocycles. The lowest BCUT2D eigenvalue weighted by Crippen LogP contribution is -2.56. The van der Waals surface area contributed by atoms with Crippen molar-refractivity contribution in [1.29, 1.82) is 0 Å². The van der Waals surface area contributed by atoms with Gasteiger partial charge in [-0.25, -0.2) is 0 Å². The van der Waals surface area contributed by atoms with E-state index in [-0.39, 0.29) is 13.2 Å². The summed E-state index contributed by atoms with van der Waals surface area (Å²) in [7, 11) is 0. The van der Waals surface area contributed by atoms with Crippen LogP contribution in [0.2, 0.25) is 0 Å². The average molecular weight is 363 g/mol. The molecule has 0 aromatic heterocycles. The zero-order valence-electron chi connectivity index (χ0n) is 16.6. The zero-order chi connectivity index (χ0) is 18.8. The summed E-state index contributed by atoms with van der Waals surface area (Å²) in [5.74, 6) is 0. The van der Waals surface area contributed by atoms with E-state index >= 15 is 0 Å². The quantitative estimate of drug-likeness (QED) is 0.529. The van der Waals surface area contributed by atoms with Gasteiger partial charge >= 0.3 is 0 Å². The van der Waals surface area contributed by atoms with Gasteiger partial charge in [-0.15, -0.1) is 0 Å². The third-order valence-electron chi connectivity index (χ3n) is 5.65. The number of unbranched alkanes of at least 4 members (excludes halogenated alkanes) is 5. The maximum Gasteiger partial charge on any atom is 0.0751 e. The molecule has 0 saturated heterocycles. The Morgan fingerprint density at radius 3 is 2.31 bits per heavy atom. The van der Waals surface area contributed by atoms with Crippen LogP contribution in [0.5, 0.6) is 0 Å². The number of aliphatic hydroxyl groups excluding tert-OH is 2. The predicted octanol–water partition coefficient (Wildman–Crippen LogP) is 2.67. The van der Waals surface area contributed by atoms with Crippen molar-refractivity contribution in [2.24, 2.45) is 5.73 Å². The molecule has 0 unspecified atom stereocenters. The summed E-state index contributed by atoms with van der Waals surface area (Å²) in [5.41, 5.74) is 9.53. The molecule has 26 heavy (non-hydrogen) atoms. The highest BCUT2D eigenvalue weighted by atomic mass is 16.3. The SMILES string of the molecule is CCCCCCCCc1ccc2c(c1)CCN(CC(N)(CO)CO)CC2. The zero-order valence-corrected chi connectivity index (χ0v) is 16.6. The number of hydrogen-bond donors (Lipinski definition) is 3. The lowest BCUT2D eigenvalue weighted by atomic mass is 9.97. The lowest BCUT2D eigenvalue weighted by Gasteiger charge is -2.31. The molecule has 0 atom stereocenters. The summed E-state index contributed by atoms with van der Waals surface area (Å²) in [6.45, 7) is 4.30. The van der Waals surface area contributed by atoms with E-state index < -0.39 is 5.54 Å². The number of nitrogens with two attached hydrogens (primary N) is 1. The van der Waals surface area contributed by atoms with Crippen molar-refractivity contribution in [3.8, 4) is 0 Å². The highest BCUT2D eigenvalue weighted by Crippen LogP contribution is 2.20. The third-order valence-corrected chi connectivity index (χ3v) is 5.65. The van der Waals surface area contributed by atoms with Crippen molar-refractivity contribution in [3.05, 3.63) is 34.9 Å². The van der Waals surface area contributed by atoms with Gasteiger partial charge < -0.3 is 20.8 Å². The first-order chi connectivity index (χ1) is 12.6. The summed E-state index contributed by atoms with van der Waals surface area (Å²) < 4.78 is 0. The van der Waals surface area contributed by atoms with Crippen LogP contribution in [0.15, 0.2) is 18.2 Å². The largest absolute Gasteiger partial charge is 0.394 e. The van der Waals surface area contributed by atoms with Crippen molar-refractivity contribution < 1.29 is 10.2 Å². The molecule has 4 nitrogen and oxygen atoms in total. The Balaban J connectivity index is 1.84. The molecule has 0 amide bonds. The van der Waals surface area contributed by atoms with Crippen LogP contribution in [0.3, 0.4) is 0 Å². The number of hydrogen-bond acceptors (Lipinski definition) is 4. The van der Waals surface area contributed by atoms with E-state index in [2.05, 4.69) is 30.0 Å². The van der Waals surface area contributed by atoms with E-state index in [9.17, 15) is 10.2 Å². The van der Waals surface area contributed by atoms with Crippen LogP contribution in [-0.4, -0.2) is 53.5 Å². The summed E-state index contributed by atoms with van der Waals surface area (Å²) in [6, 6.07) is 7.01. The Labute approximate surface area is 159 Å². The van der Waals surface area contributed by atoms with Gasteiger partial charge in [0.25, 0.3) is 0 Å². The van der Waals surface area contributed by atoms with Crippen LogP contribution in [0.25, 0.3) is 0 Å². The fourth-order valence-corrected chi connectivity index (χ4v) is 3.84. The molecule has 4 heteroatoms. The van der Waals surface area contributed by atoms with E-state index in [1.807, 2.05) is 0 Å². The van der Waals surface area contributed by atoms with Crippen LogP contribution in [0.4, 0.5) is 0 Å². The molecule has 0 saturated carbocycles. The first kappa shape index (κ1) is 21.4. The maximum atomic E-state index is 9.43. The minimum Gasteiger partial charge on any atom is -0.394 e. The van der Waals surface area contributed by atoms with Crippen molar-refractivity contribution >= 4 is 0 Å². The Kier molecular flexibility index (Phi) is 9.06. The third kappa shape index (κ3) is 6.66. The molecule has 1 heterocycles. The standard InChI is InChI=1S/C22H38N2O2/c1-2-3-4-5-6-7-8-19-9-10-20-11-13-24(14-12-21(20)15-19)16-22(23,17-25)18-26/h9-10,15,25-26H,2-8,11-14,16-18,23H2,1H3. The fourth-order valence-electron chi connectivity index (χ4n) is 3.84. The van der Waals surface area contributed by atoms with Gasteiger partial charge in [-0.3, -0.25) is 0 Å². The van der Waals surface area contributed by atoms with Gasteiger partial charge in [0.2, 0.25) is 0 Å². The number of aryl methyl sites for hydroxylation is 1. The maximum absolute atomic E-state index is 9.43. The number of fused-ring (bicyclic) bond motifs is 1. The molecule has 0 spiro atoms. The van der Waals surface area contributed by atoms with Gasteiger partial charge in [0.1, 0.15) is 0 Å². The Hall–Kier alpha value is -0.940. The fraction of sp³-hybridized carbons (Fsp3) is 0.727. The minimum atomic E-state index is -0.903. The van der Waals surface area contributed by atoms with Crippen LogP contribution >= 0.6 is 0 Å². The highest BCUT2D eigenvalue weighted by Gasteiger charge is 2.27. The Bertz CT molecular complexity index is 529. The van der Waals surface area contributed by atoms with Crippen molar-refractivity contribution in [2.75, 3.05) is 32.8 Å². The molecular weight excluding hydrogens is 324 g/mol. The van der Waals surface area contributed by atoms with E-state index in [0.29, 0.717) is 6.54 Å². The predicted molar refractivity (Wildman–Crippen MR) is 108 cm³/mol. The molecule has 0 fully saturated rings. The van der Waals surface area contributed by atoms with Crippen molar-refractivity contribution in [3.63, 3.8) is 0 Å². The Morgan fingerprint density at radius 2 is 1.62 bits per heavy atom. The van der Waals surface area contributed by atoms with Gasteiger partial charge in [0.15, 0.2) is 0 Å². The first-order valence-corrected chi connectivity index (χ1v) is 10.4. The lowest BCUT2D eigenvalue weighted by molar-refractivity contribution is 0.0847. The van der Waals surface area contributed by atoms with Crippen LogP contribution < -0.4 is 5.73 Å². The van der Waals surface area contributed by atoms with Gasteiger partial charge in [0.05, 0.1) is 18.8 Å². The molecule has 1 aliphatic heterocycles. The van der Waals surface area contributed by atoms with E-state index in [0.717, 1.165) is 25.9 Å². The van der Waals surface area contributed by atoms with E-state index in [1.165, 1.54) is 61.6 Å². The van der Waals surface area contributed by atoms with Crippen LogP contribution in [0.1, 0.15) is 62.1 Å².